The van der Waals surface area contributed by atoms with Gasteiger partial charge in [-0.15, -0.1) is 0 Å². The van der Waals surface area contributed by atoms with Gasteiger partial charge in [0.25, 0.3) is 0 Å². The first-order valence-electron chi connectivity index (χ1n) is 3.55. The van der Waals surface area contributed by atoms with E-state index in [2.05, 4.69) is 32.8 Å². The summed E-state index contributed by atoms with van der Waals surface area (Å²) in [6.07, 6.45) is 2.62. The van der Waals surface area contributed by atoms with Crippen molar-refractivity contribution in [2.24, 2.45) is 5.41 Å². The Hall–Kier alpha value is -0.0400. The average Bonchev–Trinajstić information content (AvgIpc) is 1.59. The molecule has 0 amide bonds. The summed E-state index contributed by atoms with van der Waals surface area (Å²) < 4.78 is 0. The lowest BCUT2D eigenvalue weighted by Gasteiger charge is -2.49. The van der Waals surface area contributed by atoms with Crippen LogP contribution in [0.4, 0.5) is 0 Å². The summed E-state index contributed by atoms with van der Waals surface area (Å²) >= 11 is 0. The predicted molar refractivity (Wildman–Crippen MR) is 39.9 cm³/mol. The summed E-state index contributed by atoms with van der Waals surface area (Å²) in [5.74, 6) is 0. The van der Waals surface area contributed by atoms with Crippen molar-refractivity contribution in [3.63, 3.8) is 0 Å². The molecule has 0 aromatic heterocycles. The Labute approximate surface area is 58.0 Å². The van der Waals surface area contributed by atoms with Gasteiger partial charge in [0, 0.05) is 0 Å². The Morgan fingerprint density at radius 2 is 1.89 bits per heavy atom. The Balaban J connectivity index is 2.27. The fourth-order valence-electron chi connectivity index (χ4n) is 1.53. The van der Waals surface area contributed by atoms with Crippen molar-refractivity contribution in [1.29, 1.82) is 0 Å². The maximum absolute atomic E-state index is 3.86. The van der Waals surface area contributed by atoms with Crippen molar-refractivity contribution in [1.82, 2.24) is 4.90 Å². The lowest BCUT2D eigenvalue weighted by atomic mass is 9.68. The van der Waals surface area contributed by atoms with Gasteiger partial charge >= 0.3 is 0 Å². The van der Waals surface area contributed by atoms with Crippen LogP contribution in [0.5, 0.6) is 0 Å². The highest BCUT2D eigenvalue weighted by atomic mass is 15.1. The van der Waals surface area contributed by atoms with Crippen LogP contribution in [0.2, 0.25) is 0 Å². The topological polar surface area (TPSA) is 3.24 Å². The molecule has 0 radical (unpaired) electrons. The van der Waals surface area contributed by atoms with E-state index in [0.717, 1.165) is 6.04 Å². The minimum Gasteiger partial charge on any atom is -0.459 e. The number of hydrogen-bond donors (Lipinski definition) is 0. The van der Waals surface area contributed by atoms with Gasteiger partial charge in [0.1, 0.15) is 0 Å². The molecular weight excluding hydrogens is 110 g/mol. The molecule has 1 fully saturated rings. The van der Waals surface area contributed by atoms with E-state index in [1.165, 1.54) is 12.8 Å². The minimum absolute atomic E-state index is 0.594. The molecule has 1 heteroatoms. The highest BCUT2D eigenvalue weighted by molar-refractivity contribution is 4.91. The van der Waals surface area contributed by atoms with Crippen molar-refractivity contribution in [3.05, 3.63) is 7.05 Å². The lowest BCUT2D eigenvalue weighted by molar-refractivity contribution is 0.0666. The predicted octanol–water partition coefficient (Wildman–Crippen LogP) is 1.90. The lowest BCUT2D eigenvalue weighted by Crippen LogP contribution is -2.44. The second-order valence-corrected chi connectivity index (χ2v) is 3.98. The Morgan fingerprint density at radius 1 is 1.44 bits per heavy atom. The molecule has 1 saturated carbocycles. The van der Waals surface area contributed by atoms with E-state index in [4.69, 9.17) is 0 Å². The number of rotatable bonds is 1. The molecule has 0 N–H and O–H groups in total. The molecule has 0 aliphatic heterocycles. The molecule has 0 saturated heterocycles. The molecular formula is C8H16N-. The maximum Gasteiger partial charge on any atom is -0.0176 e. The zero-order valence-electron chi connectivity index (χ0n) is 6.65. The SMILES string of the molecule is [CH2-]N(C)C1CC(C)(C)C1. The van der Waals surface area contributed by atoms with Crippen LogP contribution < -0.4 is 0 Å². The van der Waals surface area contributed by atoms with Crippen LogP contribution in [-0.4, -0.2) is 18.0 Å². The first kappa shape index (κ1) is 7.07. The molecule has 9 heavy (non-hydrogen) atoms. The summed E-state index contributed by atoms with van der Waals surface area (Å²) in [6.45, 7) is 4.62. The first-order valence-corrected chi connectivity index (χ1v) is 3.55. The van der Waals surface area contributed by atoms with E-state index in [0.29, 0.717) is 5.41 Å². The van der Waals surface area contributed by atoms with Crippen molar-refractivity contribution >= 4 is 0 Å². The van der Waals surface area contributed by atoms with Gasteiger partial charge in [0.05, 0.1) is 0 Å². The normalized spacial score (nSPS) is 26.3. The molecule has 1 nitrogen and oxygen atoms in total. The van der Waals surface area contributed by atoms with Gasteiger partial charge in [0.15, 0.2) is 0 Å². The molecule has 0 spiro atoms. The largest absolute Gasteiger partial charge is 0.459 e. The van der Waals surface area contributed by atoms with Crippen molar-refractivity contribution in [2.75, 3.05) is 7.05 Å². The van der Waals surface area contributed by atoms with E-state index >= 15 is 0 Å². The standard InChI is InChI=1S/C8H16N/c1-8(2)5-7(6-8)9(3)4/h7H,3,5-6H2,1-2,4H3/q-1. The third-order valence-electron chi connectivity index (χ3n) is 2.20. The average molecular weight is 126 g/mol. The van der Waals surface area contributed by atoms with Crippen LogP contribution in [0.15, 0.2) is 0 Å². The molecule has 54 valence electrons. The molecule has 0 unspecified atom stereocenters. The Bertz CT molecular complexity index is 97.1. The highest BCUT2D eigenvalue weighted by Crippen LogP contribution is 2.41. The van der Waals surface area contributed by atoms with Gasteiger partial charge in [-0.3, -0.25) is 7.05 Å². The van der Waals surface area contributed by atoms with Gasteiger partial charge in [0.2, 0.25) is 0 Å². The second-order valence-electron chi connectivity index (χ2n) is 3.98. The van der Waals surface area contributed by atoms with Crippen molar-refractivity contribution in [3.8, 4) is 0 Å². The van der Waals surface area contributed by atoms with Crippen LogP contribution in [-0.2, 0) is 0 Å². The van der Waals surface area contributed by atoms with Crippen molar-refractivity contribution < 1.29 is 0 Å². The van der Waals surface area contributed by atoms with Gasteiger partial charge in [-0.25, -0.2) is 0 Å². The zero-order chi connectivity index (χ0) is 7.07. The highest BCUT2D eigenvalue weighted by Gasteiger charge is 2.34. The van der Waals surface area contributed by atoms with Crippen LogP contribution in [0.1, 0.15) is 26.7 Å². The molecule has 1 aliphatic rings. The molecule has 1 aliphatic carbocycles. The van der Waals surface area contributed by atoms with Crippen molar-refractivity contribution in [2.45, 2.75) is 32.7 Å². The van der Waals surface area contributed by atoms with Crippen LogP contribution in [0.25, 0.3) is 0 Å². The first-order chi connectivity index (χ1) is 4.01. The van der Waals surface area contributed by atoms with Crippen LogP contribution in [0, 0.1) is 12.5 Å². The van der Waals surface area contributed by atoms with Crippen LogP contribution in [0.3, 0.4) is 0 Å². The molecule has 0 bridgehead atoms. The molecule has 0 heterocycles. The quantitative estimate of drug-likeness (QED) is 0.485. The third-order valence-corrected chi connectivity index (χ3v) is 2.20. The summed E-state index contributed by atoms with van der Waals surface area (Å²) in [5.41, 5.74) is 0.594. The van der Waals surface area contributed by atoms with E-state index in [1.54, 1.807) is 0 Å². The van der Waals surface area contributed by atoms with Gasteiger partial charge < -0.3 is 4.90 Å². The number of hydrogen-bond acceptors (Lipinski definition) is 1. The zero-order valence-corrected chi connectivity index (χ0v) is 6.65. The van der Waals surface area contributed by atoms with Crippen LogP contribution >= 0.6 is 0 Å². The maximum atomic E-state index is 3.86. The Morgan fingerprint density at radius 3 is 2.00 bits per heavy atom. The third kappa shape index (κ3) is 1.45. The van der Waals surface area contributed by atoms with E-state index in [1.807, 2.05) is 0 Å². The summed E-state index contributed by atoms with van der Waals surface area (Å²) in [6, 6.07) is 0.750. The number of nitrogens with zero attached hydrogens (tertiary/aromatic N) is 1. The van der Waals surface area contributed by atoms with Gasteiger partial charge in [-0.1, -0.05) is 13.8 Å². The smallest absolute Gasteiger partial charge is 0.0176 e. The Kier molecular flexibility index (Phi) is 1.55. The molecule has 0 aromatic carbocycles. The second kappa shape index (κ2) is 1.98. The fourth-order valence-corrected chi connectivity index (χ4v) is 1.53. The van der Waals surface area contributed by atoms with Gasteiger partial charge in [-0.05, 0) is 31.3 Å². The summed E-state index contributed by atoms with van der Waals surface area (Å²) in [5, 5.41) is 0. The molecule has 0 aromatic rings. The van der Waals surface area contributed by atoms with Gasteiger partial charge in [-0.2, -0.15) is 0 Å². The monoisotopic (exact) mass is 126 g/mol. The van der Waals surface area contributed by atoms with E-state index in [-0.39, 0.29) is 0 Å². The van der Waals surface area contributed by atoms with E-state index in [9.17, 15) is 0 Å². The fraction of sp³-hybridized carbons (Fsp3) is 0.875. The molecule has 1 rings (SSSR count). The molecule has 0 atom stereocenters. The minimum atomic E-state index is 0.594. The van der Waals surface area contributed by atoms with E-state index < -0.39 is 0 Å². The summed E-state index contributed by atoms with van der Waals surface area (Å²) in [4.78, 5) is 2.07. The summed E-state index contributed by atoms with van der Waals surface area (Å²) in [7, 11) is 5.91.